The lowest BCUT2D eigenvalue weighted by molar-refractivity contribution is -0.143. The number of carboxylic acids is 1. The Morgan fingerprint density at radius 1 is 1.15 bits per heavy atom. The quantitative estimate of drug-likeness (QED) is 0.174. The van der Waals surface area contributed by atoms with Gasteiger partial charge in [-0.25, -0.2) is 4.79 Å². The number of likely N-dealkylation sites (tertiary alicyclic amines) is 1. The van der Waals surface area contributed by atoms with E-state index in [4.69, 9.17) is 9.84 Å². The number of piperidine rings is 1. The van der Waals surface area contributed by atoms with Crippen molar-refractivity contribution in [1.82, 2.24) is 20.9 Å². The van der Waals surface area contributed by atoms with E-state index in [0.29, 0.717) is 19.4 Å². The van der Waals surface area contributed by atoms with Gasteiger partial charge in [-0.3, -0.25) is 19.2 Å². The molecule has 1 saturated heterocycles. The van der Waals surface area contributed by atoms with Gasteiger partial charge >= 0.3 is 12.1 Å². The predicted octanol–water partition coefficient (Wildman–Crippen LogP) is 1.42. The van der Waals surface area contributed by atoms with Crippen molar-refractivity contribution >= 4 is 29.8 Å². The highest BCUT2D eigenvalue weighted by Crippen LogP contribution is 2.64. The van der Waals surface area contributed by atoms with Crippen molar-refractivity contribution in [2.75, 3.05) is 19.7 Å². The van der Waals surface area contributed by atoms with E-state index >= 15 is 0 Å². The van der Waals surface area contributed by atoms with Crippen LogP contribution in [0.25, 0.3) is 0 Å². The van der Waals surface area contributed by atoms with Crippen molar-refractivity contribution < 1.29 is 38.9 Å². The summed E-state index contributed by atoms with van der Waals surface area (Å²) in [4.78, 5) is 64.8. The largest absolute Gasteiger partial charge is 0.481 e. The molecule has 0 radical (unpaired) electrons. The van der Waals surface area contributed by atoms with Crippen molar-refractivity contribution in [3.8, 4) is 0 Å². The molecule has 0 aromatic heterocycles. The summed E-state index contributed by atoms with van der Waals surface area (Å²) in [6, 6.07) is -2.81. The van der Waals surface area contributed by atoms with Gasteiger partial charge in [0.2, 0.25) is 11.8 Å². The molecule has 0 spiro atoms. The molecule has 2 fully saturated rings. The summed E-state index contributed by atoms with van der Waals surface area (Å²) in [5.41, 5.74) is -0.193. The van der Waals surface area contributed by atoms with Crippen LogP contribution in [-0.2, 0) is 23.9 Å². The van der Waals surface area contributed by atoms with Crippen LogP contribution in [0.4, 0.5) is 4.79 Å². The summed E-state index contributed by atoms with van der Waals surface area (Å²) in [7, 11) is 0. The molecule has 2 rings (SSSR count). The molecule has 1 aliphatic heterocycles. The smallest absolute Gasteiger partial charge is 0.407 e. The number of carbonyl (C=O) groups excluding carboxylic acids is 4. The first kappa shape index (κ1) is 33.1. The third kappa shape index (κ3) is 8.42. The first-order valence-corrected chi connectivity index (χ1v) is 14.1. The van der Waals surface area contributed by atoms with Crippen LogP contribution in [0.1, 0.15) is 66.7 Å². The maximum Gasteiger partial charge on any atom is 0.407 e. The lowest BCUT2D eigenvalue weighted by Crippen LogP contribution is -2.59. The van der Waals surface area contributed by atoms with Crippen LogP contribution in [0.3, 0.4) is 0 Å². The second kappa shape index (κ2) is 14.5. The number of rotatable bonds is 16. The summed E-state index contributed by atoms with van der Waals surface area (Å²) < 4.78 is 5.18. The van der Waals surface area contributed by atoms with Gasteiger partial charge in [0.1, 0.15) is 12.1 Å². The fraction of sp³-hybridized carbons (Fsp3) is 0.750. The van der Waals surface area contributed by atoms with Crippen molar-refractivity contribution in [2.45, 2.75) is 91.0 Å². The highest BCUT2D eigenvalue weighted by atomic mass is 16.5. The highest BCUT2D eigenvalue weighted by molar-refractivity contribution is 5.93. The van der Waals surface area contributed by atoms with Gasteiger partial charge in [-0.2, -0.15) is 0 Å². The molecule has 0 aromatic rings. The maximum absolute atomic E-state index is 13.8. The number of amides is 4. The number of ether oxygens (including phenoxy) is 1. The van der Waals surface area contributed by atoms with Crippen molar-refractivity contribution in [1.29, 1.82) is 0 Å². The SMILES string of the molecule is C=CCNC(=O)C(O)C(CCC)NC(=O)C1C2C(CN1C(=O)C(CCCC(=O)O)NC(=O)OCC(C)C)C2(C)C. The minimum Gasteiger partial charge on any atom is -0.481 e. The van der Waals surface area contributed by atoms with Gasteiger partial charge < -0.3 is 35.8 Å². The second-order valence-corrected chi connectivity index (χ2v) is 11.7. The van der Waals surface area contributed by atoms with Gasteiger partial charge in [0.05, 0.1) is 12.6 Å². The molecular weight excluding hydrogens is 520 g/mol. The number of aliphatic hydroxyl groups is 1. The zero-order chi connectivity index (χ0) is 30.2. The molecule has 12 heteroatoms. The van der Waals surface area contributed by atoms with E-state index in [-0.39, 0.29) is 55.6 Å². The molecule has 2 aliphatic rings. The highest BCUT2D eigenvalue weighted by Gasteiger charge is 2.69. The van der Waals surface area contributed by atoms with E-state index in [1.807, 2.05) is 34.6 Å². The van der Waals surface area contributed by atoms with Gasteiger partial charge in [0.15, 0.2) is 6.10 Å². The normalized spacial score (nSPS) is 22.9. The molecule has 5 N–H and O–H groups in total. The molecule has 1 heterocycles. The lowest BCUT2D eigenvalue weighted by atomic mass is 9.97. The second-order valence-electron chi connectivity index (χ2n) is 11.7. The number of fused-ring (bicyclic) bond motifs is 1. The Hall–Kier alpha value is -3.15. The Kier molecular flexibility index (Phi) is 12.0. The molecule has 0 bridgehead atoms. The van der Waals surface area contributed by atoms with E-state index in [2.05, 4.69) is 22.5 Å². The van der Waals surface area contributed by atoms with Crippen LogP contribution in [0.15, 0.2) is 12.7 Å². The van der Waals surface area contributed by atoms with Crippen LogP contribution in [-0.4, -0.2) is 88.8 Å². The lowest BCUT2D eigenvalue weighted by Gasteiger charge is -2.34. The van der Waals surface area contributed by atoms with Gasteiger partial charge in [-0.05, 0) is 42.4 Å². The summed E-state index contributed by atoms with van der Waals surface area (Å²) >= 11 is 0. The molecule has 12 nitrogen and oxygen atoms in total. The number of hydrogen-bond acceptors (Lipinski definition) is 7. The number of nitrogens with one attached hydrogen (secondary N) is 3. The van der Waals surface area contributed by atoms with E-state index in [9.17, 15) is 29.1 Å². The zero-order valence-electron chi connectivity index (χ0n) is 24.3. The van der Waals surface area contributed by atoms with Crippen LogP contribution in [0, 0.1) is 23.2 Å². The van der Waals surface area contributed by atoms with E-state index in [1.165, 1.54) is 11.0 Å². The fourth-order valence-corrected chi connectivity index (χ4v) is 5.50. The molecule has 1 aliphatic carbocycles. The number of aliphatic hydroxyl groups excluding tert-OH is 1. The van der Waals surface area contributed by atoms with Crippen molar-refractivity contribution in [3.05, 3.63) is 12.7 Å². The first-order chi connectivity index (χ1) is 18.8. The third-order valence-electron chi connectivity index (χ3n) is 7.78. The van der Waals surface area contributed by atoms with E-state index in [1.54, 1.807) is 0 Å². The predicted molar refractivity (Wildman–Crippen MR) is 147 cm³/mol. The van der Waals surface area contributed by atoms with E-state index < -0.39 is 54.0 Å². The fourth-order valence-electron chi connectivity index (χ4n) is 5.50. The summed E-state index contributed by atoms with van der Waals surface area (Å²) in [5, 5.41) is 27.6. The number of alkyl carbamates (subject to hydrolysis) is 1. The number of nitrogens with zero attached hydrogens (tertiary/aromatic N) is 1. The van der Waals surface area contributed by atoms with Gasteiger partial charge in [0, 0.05) is 19.5 Å². The Morgan fingerprint density at radius 2 is 1.82 bits per heavy atom. The third-order valence-corrected chi connectivity index (χ3v) is 7.78. The van der Waals surface area contributed by atoms with Gasteiger partial charge in [-0.15, -0.1) is 6.58 Å². The van der Waals surface area contributed by atoms with Crippen molar-refractivity contribution in [2.24, 2.45) is 23.2 Å². The summed E-state index contributed by atoms with van der Waals surface area (Å²) in [5.74, 6) is -2.63. The maximum atomic E-state index is 13.8. The number of carboxylic acid groups (broad SMARTS) is 1. The topological polar surface area (TPSA) is 174 Å². The molecule has 6 unspecified atom stereocenters. The Morgan fingerprint density at radius 3 is 2.40 bits per heavy atom. The van der Waals surface area contributed by atoms with Crippen LogP contribution < -0.4 is 16.0 Å². The average molecular weight is 567 g/mol. The van der Waals surface area contributed by atoms with Crippen LogP contribution in [0.5, 0.6) is 0 Å². The van der Waals surface area contributed by atoms with E-state index in [0.717, 1.165) is 0 Å². The number of carbonyl (C=O) groups is 5. The summed E-state index contributed by atoms with van der Waals surface area (Å²) in [6.07, 6.45) is 0.163. The summed E-state index contributed by atoms with van der Waals surface area (Å²) in [6.45, 7) is 13.8. The number of aliphatic carboxylic acids is 1. The molecule has 1 saturated carbocycles. The van der Waals surface area contributed by atoms with Gasteiger partial charge in [-0.1, -0.05) is 47.1 Å². The molecule has 0 aromatic carbocycles. The van der Waals surface area contributed by atoms with Crippen LogP contribution >= 0.6 is 0 Å². The minimum absolute atomic E-state index is 0.0604. The van der Waals surface area contributed by atoms with Crippen molar-refractivity contribution in [3.63, 3.8) is 0 Å². The molecule has 6 atom stereocenters. The minimum atomic E-state index is -1.49. The molecule has 226 valence electrons. The Bertz CT molecular complexity index is 953. The molecule has 4 amide bonds. The molecule has 40 heavy (non-hydrogen) atoms. The zero-order valence-corrected chi connectivity index (χ0v) is 24.3. The Labute approximate surface area is 236 Å². The van der Waals surface area contributed by atoms with Crippen LogP contribution in [0.2, 0.25) is 0 Å². The van der Waals surface area contributed by atoms with Gasteiger partial charge in [0.25, 0.3) is 5.91 Å². The Balaban J connectivity index is 2.24. The first-order valence-electron chi connectivity index (χ1n) is 14.1. The standard InChI is InChI=1S/C28H46N4O8/c1-7-10-18(23(35)25(37)29-13-8-2)30-24(36)22-21-17(28(21,5)6)14-32(22)26(38)19(11-9-12-20(33)34)31-27(39)40-15-16(3)4/h8,16-19,21-23,35H,2,7,9-15H2,1,3-6H3,(H,29,37)(H,30,36)(H,31,39)(H,33,34). The average Bonchev–Trinajstić information content (AvgIpc) is 3.21. The number of hydrogen-bond donors (Lipinski definition) is 5. The monoisotopic (exact) mass is 566 g/mol. The molecular formula is C28H46N4O8.